The third-order valence-corrected chi connectivity index (χ3v) is 4.99. The molecule has 3 heterocycles. The van der Waals surface area contributed by atoms with Crippen LogP contribution in [0.25, 0.3) is 0 Å². The number of nitrogens with zero attached hydrogens (tertiary/aromatic N) is 2. The molecule has 7 nitrogen and oxygen atoms in total. The third kappa shape index (κ3) is 2.20. The van der Waals surface area contributed by atoms with Crippen LogP contribution in [0.5, 0.6) is 0 Å². The quantitative estimate of drug-likeness (QED) is 0.817. The largest absolute Gasteiger partial charge is 0.434 e. The summed E-state index contributed by atoms with van der Waals surface area (Å²) in [6, 6.07) is 0. The van der Waals surface area contributed by atoms with Crippen LogP contribution >= 0.6 is 0 Å². The second-order valence-electron chi connectivity index (χ2n) is 6.51. The molecule has 7 heteroatoms. The number of likely N-dealkylation sites (tertiary alicyclic amines) is 1. The maximum atomic E-state index is 13.0. The van der Waals surface area contributed by atoms with Gasteiger partial charge in [-0.25, -0.2) is 9.89 Å². The first kappa shape index (κ1) is 13.8. The summed E-state index contributed by atoms with van der Waals surface area (Å²) in [5.41, 5.74) is -0.395. The Balaban J connectivity index is 1.51. The van der Waals surface area contributed by atoms with Crippen LogP contribution in [0.15, 0.2) is 21.4 Å². The van der Waals surface area contributed by atoms with Gasteiger partial charge >= 0.3 is 5.76 Å². The van der Waals surface area contributed by atoms with Crippen molar-refractivity contribution in [1.29, 1.82) is 0 Å². The number of aromatic amines is 1. The number of allylic oxidation sites excluding steroid dienone is 1. The highest BCUT2D eigenvalue weighted by Crippen LogP contribution is 2.42. The standard InChI is InChI=1S/C15H19N3O4/c19-13(15-5-1-4-11(7-15)21-9-15)18-6-2-3-10(8-18)12-16-17-14(20)22-12/h1,4,10-11H,2-3,5-9H2,(H,17,20). The Morgan fingerprint density at radius 3 is 3.23 bits per heavy atom. The minimum atomic E-state index is -0.540. The Labute approximate surface area is 127 Å². The number of carbonyl (C=O) groups is 1. The van der Waals surface area contributed by atoms with Crippen LogP contribution in [0.4, 0.5) is 0 Å². The molecule has 1 N–H and O–H groups in total. The molecule has 2 saturated heterocycles. The number of piperidine rings is 1. The lowest BCUT2D eigenvalue weighted by Crippen LogP contribution is -2.48. The number of nitrogens with one attached hydrogen (secondary N) is 1. The minimum Gasteiger partial charge on any atom is -0.392 e. The van der Waals surface area contributed by atoms with Crippen LogP contribution in [0.1, 0.15) is 37.5 Å². The van der Waals surface area contributed by atoms with E-state index in [0.29, 0.717) is 19.0 Å². The molecule has 2 aliphatic heterocycles. The van der Waals surface area contributed by atoms with Crippen molar-refractivity contribution in [2.75, 3.05) is 19.7 Å². The van der Waals surface area contributed by atoms with Gasteiger partial charge < -0.3 is 14.1 Å². The zero-order valence-electron chi connectivity index (χ0n) is 12.3. The summed E-state index contributed by atoms with van der Waals surface area (Å²) in [4.78, 5) is 26.0. The molecule has 0 radical (unpaired) electrons. The lowest BCUT2D eigenvalue weighted by atomic mass is 9.77. The van der Waals surface area contributed by atoms with Crippen molar-refractivity contribution >= 4 is 5.91 Å². The summed E-state index contributed by atoms with van der Waals surface area (Å²) in [6.45, 7) is 1.81. The van der Waals surface area contributed by atoms with E-state index in [4.69, 9.17) is 9.15 Å². The molecule has 0 saturated carbocycles. The molecule has 2 fully saturated rings. The minimum absolute atomic E-state index is 0.00898. The number of amides is 1. The molecule has 3 unspecified atom stereocenters. The van der Waals surface area contributed by atoms with E-state index in [1.807, 2.05) is 4.90 Å². The van der Waals surface area contributed by atoms with Crippen LogP contribution in [-0.4, -0.2) is 46.8 Å². The molecule has 3 aliphatic rings. The van der Waals surface area contributed by atoms with Crippen LogP contribution in [-0.2, 0) is 9.53 Å². The zero-order valence-corrected chi connectivity index (χ0v) is 12.3. The van der Waals surface area contributed by atoms with Gasteiger partial charge in [0.15, 0.2) is 0 Å². The molecule has 3 atom stereocenters. The molecule has 22 heavy (non-hydrogen) atoms. The van der Waals surface area contributed by atoms with E-state index in [0.717, 1.165) is 32.2 Å². The Hall–Kier alpha value is -1.89. The number of rotatable bonds is 2. The molecule has 2 bridgehead atoms. The molecular formula is C15H19N3O4. The summed E-state index contributed by atoms with van der Waals surface area (Å²) in [7, 11) is 0. The van der Waals surface area contributed by atoms with Crippen molar-refractivity contribution in [2.45, 2.75) is 37.7 Å². The Bertz CT molecular complexity index is 664. The van der Waals surface area contributed by atoms with E-state index in [1.165, 1.54) is 0 Å². The van der Waals surface area contributed by atoms with Crippen molar-refractivity contribution in [3.05, 3.63) is 28.6 Å². The van der Waals surface area contributed by atoms with Crippen molar-refractivity contribution in [3.8, 4) is 0 Å². The summed E-state index contributed by atoms with van der Waals surface area (Å²) in [5.74, 6) is 0.0258. The van der Waals surface area contributed by atoms with Crippen molar-refractivity contribution in [3.63, 3.8) is 0 Å². The van der Waals surface area contributed by atoms with E-state index in [9.17, 15) is 9.59 Å². The first-order valence-electron chi connectivity index (χ1n) is 7.79. The first-order valence-corrected chi connectivity index (χ1v) is 7.79. The highest BCUT2D eigenvalue weighted by atomic mass is 16.5. The SMILES string of the molecule is O=C(N1CCCC(c2n[nH]c(=O)o2)C1)C12CC=CC(C1)OC2. The molecular weight excluding hydrogens is 286 g/mol. The molecule has 0 aromatic carbocycles. The van der Waals surface area contributed by atoms with Crippen molar-refractivity contribution in [2.24, 2.45) is 5.41 Å². The number of ether oxygens (including phenoxy) is 1. The van der Waals surface area contributed by atoms with Gasteiger partial charge in [-0.05, 0) is 25.7 Å². The van der Waals surface area contributed by atoms with Gasteiger partial charge in [0, 0.05) is 13.1 Å². The average Bonchev–Trinajstić information content (AvgIpc) is 3.11. The van der Waals surface area contributed by atoms with Gasteiger partial charge in [-0.15, -0.1) is 5.10 Å². The van der Waals surface area contributed by atoms with Gasteiger partial charge in [0.1, 0.15) is 0 Å². The summed E-state index contributed by atoms with van der Waals surface area (Å²) >= 11 is 0. The molecule has 118 valence electrons. The third-order valence-electron chi connectivity index (χ3n) is 4.99. The van der Waals surface area contributed by atoms with Crippen LogP contribution in [0.3, 0.4) is 0 Å². The Morgan fingerprint density at radius 1 is 1.50 bits per heavy atom. The van der Waals surface area contributed by atoms with Gasteiger partial charge in [-0.3, -0.25) is 4.79 Å². The topological polar surface area (TPSA) is 88.4 Å². The van der Waals surface area contributed by atoms with E-state index in [1.54, 1.807) is 0 Å². The predicted molar refractivity (Wildman–Crippen MR) is 76.2 cm³/mol. The molecule has 4 rings (SSSR count). The lowest BCUT2D eigenvalue weighted by molar-refractivity contribution is -0.143. The monoisotopic (exact) mass is 305 g/mol. The number of hydrogen-bond donors (Lipinski definition) is 1. The second-order valence-corrected chi connectivity index (χ2v) is 6.51. The summed E-state index contributed by atoms with van der Waals surface area (Å²) in [5, 5.41) is 6.21. The maximum absolute atomic E-state index is 13.0. The maximum Gasteiger partial charge on any atom is 0.434 e. The number of fused-ring (bicyclic) bond motifs is 2. The molecule has 0 spiro atoms. The Morgan fingerprint density at radius 2 is 2.41 bits per heavy atom. The van der Waals surface area contributed by atoms with Crippen LogP contribution < -0.4 is 5.76 Å². The van der Waals surface area contributed by atoms with E-state index in [2.05, 4.69) is 22.3 Å². The average molecular weight is 305 g/mol. The molecule has 1 aromatic rings. The molecule has 1 amide bonds. The van der Waals surface area contributed by atoms with Gasteiger partial charge in [0.05, 0.1) is 24.0 Å². The number of carbonyl (C=O) groups excluding carboxylic acids is 1. The van der Waals surface area contributed by atoms with E-state index >= 15 is 0 Å². The van der Waals surface area contributed by atoms with Gasteiger partial charge in [0.25, 0.3) is 0 Å². The highest BCUT2D eigenvalue weighted by Gasteiger charge is 2.49. The van der Waals surface area contributed by atoms with Gasteiger partial charge in [-0.1, -0.05) is 12.2 Å². The lowest BCUT2D eigenvalue weighted by Gasteiger charge is -2.37. The number of H-pyrrole nitrogens is 1. The summed E-state index contributed by atoms with van der Waals surface area (Å²) in [6.07, 6.45) is 7.50. The molecule has 1 aliphatic carbocycles. The predicted octanol–water partition coefficient (Wildman–Crippen LogP) is 0.804. The van der Waals surface area contributed by atoms with E-state index in [-0.39, 0.29) is 17.9 Å². The van der Waals surface area contributed by atoms with Crippen molar-refractivity contribution < 1.29 is 13.9 Å². The van der Waals surface area contributed by atoms with Gasteiger partial charge in [0.2, 0.25) is 11.8 Å². The Kier molecular flexibility index (Phi) is 3.18. The fraction of sp³-hybridized carbons (Fsp3) is 0.667. The number of hydrogen-bond acceptors (Lipinski definition) is 5. The molecule has 1 aromatic heterocycles. The normalized spacial score (nSPS) is 34.1. The highest BCUT2D eigenvalue weighted by molar-refractivity contribution is 5.84. The van der Waals surface area contributed by atoms with E-state index < -0.39 is 11.2 Å². The number of aromatic nitrogens is 2. The first-order chi connectivity index (χ1) is 10.7. The second kappa shape index (κ2) is 5.08. The van der Waals surface area contributed by atoms with Crippen LogP contribution in [0, 0.1) is 5.41 Å². The van der Waals surface area contributed by atoms with Crippen molar-refractivity contribution in [1.82, 2.24) is 15.1 Å². The van der Waals surface area contributed by atoms with Gasteiger partial charge in [-0.2, -0.15) is 0 Å². The fourth-order valence-corrected chi connectivity index (χ4v) is 3.83. The zero-order chi connectivity index (χ0) is 15.2. The van der Waals surface area contributed by atoms with Crippen LogP contribution in [0.2, 0.25) is 0 Å². The smallest absolute Gasteiger partial charge is 0.392 e. The fourth-order valence-electron chi connectivity index (χ4n) is 3.83. The summed E-state index contributed by atoms with van der Waals surface area (Å²) < 4.78 is 10.8.